The lowest BCUT2D eigenvalue weighted by atomic mass is 9.87. The molecule has 3 aliphatic heterocycles. The third kappa shape index (κ3) is 5.05. The molecule has 3 aliphatic rings. The highest BCUT2D eigenvalue weighted by molar-refractivity contribution is 7.90. The van der Waals surface area contributed by atoms with E-state index < -0.39 is 9.84 Å². The van der Waals surface area contributed by atoms with E-state index in [-0.39, 0.29) is 0 Å². The van der Waals surface area contributed by atoms with Crippen molar-refractivity contribution in [3.63, 3.8) is 0 Å². The number of aryl methyl sites for hydroxylation is 1. The van der Waals surface area contributed by atoms with Gasteiger partial charge >= 0.3 is 0 Å². The van der Waals surface area contributed by atoms with E-state index in [2.05, 4.69) is 53.4 Å². The highest BCUT2D eigenvalue weighted by Gasteiger charge is 2.42. The van der Waals surface area contributed by atoms with Crippen molar-refractivity contribution in [2.75, 3.05) is 25.9 Å². The Bertz CT molecular complexity index is 1390. The molecule has 2 aromatic heterocycles. The van der Waals surface area contributed by atoms with Gasteiger partial charge in [-0.1, -0.05) is 32.0 Å². The molecule has 2 unspecified atom stereocenters. The number of hydrogen-bond acceptors (Lipinski definition) is 5. The summed E-state index contributed by atoms with van der Waals surface area (Å²) in [6.45, 7) is 10.6. The minimum absolute atomic E-state index is 0.337. The number of fused-ring (bicyclic) bond motifs is 3. The molecule has 3 saturated heterocycles. The molecule has 2 atom stereocenters. The summed E-state index contributed by atoms with van der Waals surface area (Å²) in [6, 6.07) is 11.8. The summed E-state index contributed by atoms with van der Waals surface area (Å²) in [6.07, 6.45) is 13.6. The summed E-state index contributed by atoms with van der Waals surface area (Å²) in [5.41, 5.74) is 5.38. The predicted octanol–water partition coefficient (Wildman–Crippen LogP) is 5.54. The number of nitrogens with zero attached hydrogens (tertiary/aromatic N) is 4. The summed E-state index contributed by atoms with van der Waals surface area (Å²) in [5, 5.41) is 0. The topological polar surface area (TPSA) is 57.9 Å². The molecule has 6 nitrogen and oxygen atoms in total. The number of aromatic nitrogens is 2. The Morgan fingerprint density at radius 1 is 0.947 bits per heavy atom. The van der Waals surface area contributed by atoms with Crippen LogP contribution in [-0.4, -0.2) is 71.6 Å². The van der Waals surface area contributed by atoms with Crippen LogP contribution in [0.15, 0.2) is 47.6 Å². The van der Waals surface area contributed by atoms with Gasteiger partial charge in [-0.15, -0.1) is 0 Å². The standard InChI is InChI=1S/C31H42N4O2S/c1-21(2)18-35-26-7-8-27(35)17-28(16-26)33-13-11-23(12-14-33)25-15-22(3)31-32-30(20-34(31)19-25)24-5-9-29(10-6-24)38(4,36)37/h5-6,9-10,15,19-21,23,26-28H,7-8,11-14,16-18H2,1-4H3. The highest BCUT2D eigenvalue weighted by atomic mass is 32.2. The fourth-order valence-corrected chi connectivity index (χ4v) is 8.02. The molecule has 38 heavy (non-hydrogen) atoms. The number of hydrogen-bond donors (Lipinski definition) is 0. The first-order chi connectivity index (χ1) is 18.2. The molecule has 0 N–H and O–H groups in total. The number of benzene rings is 1. The third-order valence-corrected chi connectivity index (χ3v) is 10.4. The first-order valence-corrected chi connectivity index (χ1v) is 16.3. The molecule has 0 radical (unpaired) electrons. The average Bonchev–Trinajstić information content (AvgIpc) is 3.40. The van der Waals surface area contributed by atoms with Gasteiger partial charge in [-0.05, 0) is 93.6 Å². The van der Waals surface area contributed by atoms with E-state index in [1.165, 1.54) is 75.5 Å². The molecule has 0 spiro atoms. The molecule has 6 rings (SSSR count). The number of imidazole rings is 1. The van der Waals surface area contributed by atoms with Gasteiger partial charge in [0.15, 0.2) is 9.84 Å². The van der Waals surface area contributed by atoms with Crippen molar-refractivity contribution in [1.29, 1.82) is 0 Å². The van der Waals surface area contributed by atoms with Crippen molar-refractivity contribution in [1.82, 2.24) is 19.2 Å². The van der Waals surface area contributed by atoms with E-state index >= 15 is 0 Å². The molecule has 204 valence electrons. The minimum atomic E-state index is -3.20. The Labute approximate surface area is 228 Å². The van der Waals surface area contributed by atoms with Crippen LogP contribution in [0.3, 0.4) is 0 Å². The first kappa shape index (κ1) is 26.0. The maximum atomic E-state index is 11.8. The van der Waals surface area contributed by atoms with Crippen molar-refractivity contribution in [3.05, 3.63) is 53.9 Å². The largest absolute Gasteiger partial charge is 0.306 e. The van der Waals surface area contributed by atoms with Crippen LogP contribution in [0.25, 0.3) is 16.9 Å². The summed E-state index contributed by atoms with van der Waals surface area (Å²) in [5.74, 6) is 1.35. The summed E-state index contributed by atoms with van der Waals surface area (Å²) < 4.78 is 25.8. The molecule has 3 aromatic rings. The van der Waals surface area contributed by atoms with Crippen LogP contribution in [0.5, 0.6) is 0 Å². The van der Waals surface area contributed by atoms with Gasteiger partial charge in [0.1, 0.15) is 5.65 Å². The van der Waals surface area contributed by atoms with Gasteiger partial charge in [-0.25, -0.2) is 13.4 Å². The van der Waals surface area contributed by atoms with Crippen LogP contribution in [-0.2, 0) is 9.84 Å². The van der Waals surface area contributed by atoms with Gasteiger partial charge < -0.3 is 9.30 Å². The van der Waals surface area contributed by atoms with Crippen LogP contribution in [0.2, 0.25) is 0 Å². The van der Waals surface area contributed by atoms with E-state index in [0.717, 1.165) is 40.9 Å². The fraction of sp³-hybridized carbons (Fsp3) is 0.581. The lowest BCUT2D eigenvalue weighted by Gasteiger charge is -2.46. The summed E-state index contributed by atoms with van der Waals surface area (Å²) in [4.78, 5) is 10.9. The molecular weight excluding hydrogens is 492 g/mol. The highest BCUT2D eigenvalue weighted by Crippen LogP contribution is 2.40. The molecular formula is C31H42N4O2S. The van der Waals surface area contributed by atoms with Gasteiger partial charge in [0.2, 0.25) is 0 Å². The third-order valence-electron chi connectivity index (χ3n) is 9.29. The Kier molecular flexibility index (Phi) is 6.90. The van der Waals surface area contributed by atoms with E-state index in [0.29, 0.717) is 10.8 Å². The second kappa shape index (κ2) is 10.1. The van der Waals surface area contributed by atoms with Crippen molar-refractivity contribution in [2.45, 2.75) is 88.2 Å². The lowest BCUT2D eigenvalue weighted by Crippen LogP contribution is -2.52. The van der Waals surface area contributed by atoms with E-state index in [1.54, 1.807) is 12.1 Å². The second-order valence-corrected chi connectivity index (χ2v) is 14.5. The fourth-order valence-electron chi connectivity index (χ4n) is 7.39. The zero-order valence-corrected chi connectivity index (χ0v) is 24.1. The maximum absolute atomic E-state index is 11.8. The number of rotatable bonds is 6. The second-order valence-electron chi connectivity index (χ2n) is 12.5. The summed E-state index contributed by atoms with van der Waals surface area (Å²) in [7, 11) is -3.20. The Balaban J connectivity index is 1.13. The predicted molar refractivity (Wildman–Crippen MR) is 153 cm³/mol. The number of likely N-dealkylation sites (tertiary alicyclic amines) is 1. The zero-order chi connectivity index (χ0) is 26.6. The number of piperidine rings is 2. The van der Waals surface area contributed by atoms with E-state index in [4.69, 9.17) is 4.98 Å². The van der Waals surface area contributed by atoms with Crippen molar-refractivity contribution >= 4 is 15.5 Å². The van der Waals surface area contributed by atoms with Crippen LogP contribution >= 0.6 is 0 Å². The Morgan fingerprint density at radius 2 is 1.61 bits per heavy atom. The molecule has 1 aromatic carbocycles. The molecule has 7 heteroatoms. The quantitative estimate of drug-likeness (QED) is 0.415. The van der Waals surface area contributed by atoms with Gasteiger partial charge in [0.25, 0.3) is 0 Å². The monoisotopic (exact) mass is 534 g/mol. The van der Waals surface area contributed by atoms with Gasteiger partial charge in [0.05, 0.1) is 10.6 Å². The van der Waals surface area contributed by atoms with Crippen molar-refractivity contribution in [3.8, 4) is 11.3 Å². The summed E-state index contributed by atoms with van der Waals surface area (Å²) >= 11 is 0. The smallest absolute Gasteiger partial charge is 0.175 e. The number of pyridine rings is 1. The normalized spacial score (nSPS) is 25.6. The SMILES string of the molecule is Cc1cc(C2CCN(C3CC4CCC(C3)N4CC(C)C)CC2)cn2cc(-c3ccc(S(C)(=O)=O)cc3)nc12. The zero-order valence-electron chi connectivity index (χ0n) is 23.3. The van der Waals surface area contributed by atoms with Gasteiger partial charge in [-0.3, -0.25) is 4.90 Å². The van der Waals surface area contributed by atoms with E-state index in [1.807, 2.05) is 12.1 Å². The molecule has 3 fully saturated rings. The molecule has 2 bridgehead atoms. The van der Waals surface area contributed by atoms with Crippen molar-refractivity contribution < 1.29 is 8.42 Å². The Morgan fingerprint density at radius 3 is 2.21 bits per heavy atom. The number of sulfone groups is 1. The molecule has 0 amide bonds. The molecule has 5 heterocycles. The van der Waals surface area contributed by atoms with E-state index in [9.17, 15) is 8.42 Å². The van der Waals surface area contributed by atoms with Gasteiger partial charge in [0, 0.05) is 48.9 Å². The van der Waals surface area contributed by atoms with Crippen LogP contribution in [0.1, 0.15) is 69.4 Å². The molecule has 0 aliphatic carbocycles. The van der Waals surface area contributed by atoms with Crippen LogP contribution in [0.4, 0.5) is 0 Å². The average molecular weight is 535 g/mol. The minimum Gasteiger partial charge on any atom is -0.306 e. The first-order valence-electron chi connectivity index (χ1n) is 14.4. The van der Waals surface area contributed by atoms with Crippen LogP contribution in [0, 0.1) is 12.8 Å². The van der Waals surface area contributed by atoms with Gasteiger partial charge in [-0.2, -0.15) is 0 Å². The molecule has 0 saturated carbocycles. The maximum Gasteiger partial charge on any atom is 0.175 e. The van der Waals surface area contributed by atoms with Crippen LogP contribution < -0.4 is 0 Å². The van der Waals surface area contributed by atoms with Crippen molar-refractivity contribution in [2.24, 2.45) is 5.92 Å². The lowest BCUT2D eigenvalue weighted by molar-refractivity contribution is 0.0403. The Hall–Kier alpha value is -2.22.